The zero-order valence-corrected chi connectivity index (χ0v) is 14.2. The van der Waals surface area contributed by atoms with Gasteiger partial charge in [0.25, 0.3) is 5.91 Å². The number of rotatable bonds is 6. The molecule has 0 fully saturated rings. The van der Waals surface area contributed by atoms with Gasteiger partial charge in [-0.2, -0.15) is 0 Å². The number of hydrogen-bond donors (Lipinski definition) is 1. The molecule has 1 N–H and O–H groups in total. The Morgan fingerprint density at radius 2 is 1.68 bits per heavy atom. The molecule has 1 atom stereocenters. The van der Waals surface area contributed by atoms with Crippen LogP contribution in [0.4, 0.5) is 0 Å². The molecule has 22 heavy (non-hydrogen) atoms. The Morgan fingerprint density at radius 3 is 2.32 bits per heavy atom. The Hall–Kier alpha value is -1.74. The number of carbonyl (C=O) groups excluding carboxylic acids is 1. The average Bonchev–Trinajstić information content (AvgIpc) is 2.54. The lowest BCUT2D eigenvalue weighted by atomic mass is 9.96. The molecule has 0 unspecified atom stereocenters. The van der Waals surface area contributed by atoms with Crippen LogP contribution in [0.3, 0.4) is 0 Å². The van der Waals surface area contributed by atoms with E-state index in [0.29, 0.717) is 5.92 Å². The molecule has 2 aromatic carbocycles. The third-order valence-corrected chi connectivity index (χ3v) is 4.36. The van der Waals surface area contributed by atoms with Gasteiger partial charge >= 0.3 is 0 Å². The Balaban J connectivity index is 2.21. The van der Waals surface area contributed by atoms with Gasteiger partial charge in [-0.15, -0.1) is 11.8 Å². The molecular weight excluding hydrogens is 290 g/mol. The molecule has 2 nitrogen and oxygen atoms in total. The number of carbonyl (C=O) groups is 1. The number of thioether (sulfide) groups is 1. The van der Waals surface area contributed by atoms with Crippen molar-refractivity contribution in [2.45, 2.75) is 31.2 Å². The van der Waals surface area contributed by atoms with E-state index in [1.807, 2.05) is 48.7 Å². The minimum atomic E-state index is -0.000506. The fourth-order valence-electron chi connectivity index (χ4n) is 2.50. The van der Waals surface area contributed by atoms with Gasteiger partial charge in [0, 0.05) is 4.90 Å². The zero-order chi connectivity index (χ0) is 15.9. The van der Waals surface area contributed by atoms with Gasteiger partial charge in [0.15, 0.2) is 0 Å². The van der Waals surface area contributed by atoms with E-state index in [1.54, 1.807) is 11.8 Å². The molecule has 0 heterocycles. The molecule has 116 valence electrons. The van der Waals surface area contributed by atoms with Crippen LogP contribution in [0, 0.1) is 5.92 Å². The molecule has 1 amide bonds. The first-order valence-electron chi connectivity index (χ1n) is 7.60. The van der Waals surface area contributed by atoms with Crippen molar-refractivity contribution in [1.82, 2.24) is 5.32 Å². The summed E-state index contributed by atoms with van der Waals surface area (Å²) in [6.07, 6.45) is 2.92. The van der Waals surface area contributed by atoms with E-state index >= 15 is 0 Å². The number of amides is 1. The predicted octanol–water partition coefficient (Wildman–Crippen LogP) is 4.93. The van der Waals surface area contributed by atoms with Crippen LogP contribution in [0.25, 0.3) is 0 Å². The van der Waals surface area contributed by atoms with Crippen LogP contribution in [0.2, 0.25) is 0 Å². The van der Waals surface area contributed by atoms with E-state index in [-0.39, 0.29) is 11.9 Å². The van der Waals surface area contributed by atoms with E-state index in [0.717, 1.165) is 22.4 Å². The maximum absolute atomic E-state index is 12.7. The summed E-state index contributed by atoms with van der Waals surface area (Å²) < 4.78 is 0. The minimum Gasteiger partial charge on any atom is -0.345 e. The molecule has 2 aromatic rings. The summed E-state index contributed by atoms with van der Waals surface area (Å²) in [4.78, 5) is 13.7. The van der Waals surface area contributed by atoms with Crippen molar-refractivity contribution >= 4 is 17.7 Å². The van der Waals surface area contributed by atoms with Gasteiger partial charge in [-0.05, 0) is 36.3 Å². The quantitative estimate of drug-likeness (QED) is 0.766. The van der Waals surface area contributed by atoms with E-state index < -0.39 is 0 Å². The summed E-state index contributed by atoms with van der Waals surface area (Å²) in [6.45, 7) is 4.36. The van der Waals surface area contributed by atoms with Gasteiger partial charge < -0.3 is 5.32 Å². The molecule has 0 spiro atoms. The average molecular weight is 313 g/mol. The standard InChI is InChI=1S/C19H23NOS/c1-14(2)13-17(15-9-5-4-6-10-15)20-19(21)16-11-7-8-12-18(16)22-3/h4-12,14,17H,13H2,1-3H3,(H,20,21)/t17-/m1/s1. The predicted molar refractivity (Wildman–Crippen MR) is 94.3 cm³/mol. The fourth-order valence-corrected chi connectivity index (χ4v) is 3.10. The Kier molecular flexibility index (Phi) is 6.08. The topological polar surface area (TPSA) is 29.1 Å². The molecule has 0 aliphatic rings. The van der Waals surface area contributed by atoms with E-state index in [1.165, 1.54) is 0 Å². The maximum Gasteiger partial charge on any atom is 0.252 e. The number of nitrogens with one attached hydrogen (secondary N) is 1. The highest BCUT2D eigenvalue weighted by molar-refractivity contribution is 7.98. The van der Waals surface area contributed by atoms with Crippen LogP contribution in [-0.4, -0.2) is 12.2 Å². The third kappa shape index (κ3) is 4.38. The summed E-state index contributed by atoms with van der Waals surface area (Å²) in [5.74, 6) is 0.515. The maximum atomic E-state index is 12.7. The van der Waals surface area contributed by atoms with Gasteiger partial charge in [-0.1, -0.05) is 56.3 Å². The van der Waals surface area contributed by atoms with Crippen molar-refractivity contribution in [3.05, 3.63) is 65.7 Å². The van der Waals surface area contributed by atoms with Gasteiger partial charge in [0.05, 0.1) is 11.6 Å². The molecule has 0 saturated carbocycles. The summed E-state index contributed by atoms with van der Waals surface area (Å²) in [6, 6.07) is 18.0. The lowest BCUT2D eigenvalue weighted by Crippen LogP contribution is -2.29. The smallest absolute Gasteiger partial charge is 0.252 e. The van der Waals surface area contributed by atoms with Crippen molar-refractivity contribution in [3.8, 4) is 0 Å². The summed E-state index contributed by atoms with van der Waals surface area (Å²) in [7, 11) is 0. The van der Waals surface area contributed by atoms with Crippen LogP contribution < -0.4 is 5.32 Å². The Bertz CT molecular complexity index is 610. The Labute approximate surface area is 137 Å². The van der Waals surface area contributed by atoms with Crippen LogP contribution >= 0.6 is 11.8 Å². The van der Waals surface area contributed by atoms with E-state index in [4.69, 9.17) is 0 Å². The van der Waals surface area contributed by atoms with Gasteiger partial charge in [0.1, 0.15) is 0 Å². The number of benzene rings is 2. The van der Waals surface area contributed by atoms with Crippen molar-refractivity contribution in [2.24, 2.45) is 5.92 Å². The second-order valence-electron chi connectivity index (χ2n) is 5.77. The van der Waals surface area contributed by atoms with Crippen LogP contribution in [0.1, 0.15) is 42.2 Å². The monoisotopic (exact) mass is 313 g/mol. The first-order valence-corrected chi connectivity index (χ1v) is 8.83. The largest absolute Gasteiger partial charge is 0.345 e. The molecule has 2 rings (SSSR count). The molecule has 0 aromatic heterocycles. The van der Waals surface area contributed by atoms with Crippen LogP contribution in [0.15, 0.2) is 59.5 Å². The van der Waals surface area contributed by atoms with Crippen LogP contribution in [0.5, 0.6) is 0 Å². The highest BCUT2D eigenvalue weighted by atomic mass is 32.2. The normalized spacial score (nSPS) is 12.2. The number of hydrogen-bond acceptors (Lipinski definition) is 2. The zero-order valence-electron chi connectivity index (χ0n) is 13.4. The molecular formula is C19H23NOS. The van der Waals surface area contributed by atoms with E-state index in [9.17, 15) is 4.79 Å². The fraction of sp³-hybridized carbons (Fsp3) is 0.316. The van der Waals surface area contributed by atoms with Crippen LogP contribution in [-0.2, 0) is 0 Å². The lowest BCUT2D eigenvalue weighted by molar-refractivity contribution is 0.0929. The lowest BCUT2D eigenvalue weighted by Gasteiger charge is -2.21. The van der Waals surface area contributed by atoms with Crippen molar-refractivity contribution in [1.29, 1.82) is 0 Å². The van der Waals surface area contributed by atoms with E-state index in [2.05, 4.69) is 31.3 Å². The summed E-state index contributed by atoms with van der Waals surface area (Å²) in [5.41, 5.74) is 1.91. The third-order valence-electron chi connectivity index (χ3n) is 3.57. The van der Waals surface area contributed by atoms with Gasteiger partial charge in [-0.3, -0.25) is 4.79 Å². The minimum absolute atomic E-state index is 0.000506. The highest BCUT2D eigenvalue weighted by Gasteiger charge is 2.18. The van der Waals surface area contributed by atoms with Gasteiger partial charge in [-0.25, -0.2) is 0 Å². The van der Waals surface area contributed by atoms with Crippen molar-refractivity contribution in [2.75, 3.05) is 6.26 Å². The van der Waals surface area contributed by atoms with Crippen molar-refractivity contribution < 1.29 is 4.79 Å². The van der Waals surface area contributed by atoms with Gasteiger partial charge in [0.2, 0.25) is 0 Å². The molecule has 0 aliphatic heterocycles. The first kappa shape index (κ1) is 16.6. The second-order valence-corrected chi connectivity index (χ2v) is 6.61. The van der Waals surface area contributed by atoms with Crippen molar-refractivity contribution in [3.63, 3.8) is 0 Å². The molecule has 3 heteroatoms. The SMILES string of the molecule is CSc1ccccc1C(=O)N[C@H](CC(C)C)c1ccccc1. The molecule has 0 radical (unpaired) electrons. The molecule has 0 aliphatic carbocycles. The second kappa shape index (κ2) is 8.04. The molecule has 0 saturated heterocycles. The Morgan fingerprint density at radius 1 is 1.05 bits per heavy atom. The summed E-state index contributed by atoms with van der Waals surface area (Å²) in [5, 5.41) is 3.20. The summed E-state index contributed by atoms with van der Waals surface area (Å²) >= 11 is 1.60. The first-order chi connectivity index (χ1) is 10.6. The molecule has 0 bridgehead atoms. The highest BCUT2D eigenvalue weighted by Crippen LogP contribution is 2.24.